The number of ether oxygens (including phenoxy) is 1. The van der Waals surface area contributed by atoms with Gasteiger partial charge in [-0.3, -0.25) is 9.59 Å². The van der Waals surface area contributed by atoms with Crippen molar-refractivity contribution in [3.05, 3.63) is 99.8 Å². The van der Waals surface area contributed by atoms with Crippen molar-refractivity contribution >= 4 is 27.7 Å². The number of amides is 2. The summed E-state index contributed by atoms with van der Waals surface area (Å²) in [5.74, 6) is -0.380. The van der Waals surface area contributed by atoms with Crippen LogP contribution in [0.5, 0.6) is 5.75 Å². The summed E-state index contributed by atoms with van der Waals surface area (Å²) < 4.78 is 20.2. The molecule has 3 rings (SSSR count). The number of rotatable bonds is 12. The second kappa shape index (κ2) is 13.9. The Balaban J connectivity index is 1.91. The first-order valence-corrected chi connectivity index (χ1v) is 13.4. The molecule has 0 saturated carbocycles. The van der Waals surface area contributed by atoms with Gasteiger partial charge in [0, 0.05) is 19.0 Å². The molecule has 2 atom stereocenters. The monoisotopic (exact) mass is 568 g/mol. The van der Waals surface area contributed by atoms with E-state index in [4.69, 9.17) is 4.74 Å². The van der Waals surface area contributed by atoms with Gasteiger partial charge in [0.05, 0.1) is 4.47 Å². The number of nitrogens with one attached hydrogen (secondary N) is 1. The molecule has 5 nitrogen and oxygen atoms in total. The number of carbonyl (C=O) groups excluding carboxylic acids is 2. The summed E-state index contributed by atoms with van der Waals surface area (Å²) in [4.78, 5) is 28.7. The Hall–Kier alpha value is -3.19. The molecule has 0 aromatic heterocycles. The van der Waals surface area contributed by atoms with E-state index in [1.165, 1.54) is 17.0 Å². The van der Waals surface area contributed by atoms with Gasteiger partial charge in [-0.15, -0.1) is 0 Å². The Labute approximate surface area is 227 Å². The first kappa shape index (κ1) is 28.4. The van der Waals surface area contributed by atoms with Crippen molar-refractivity contribution in [1.29, 1.82) is 0 Å². The van der Waals surface area contributed by atoms with Gasteiger partial charge in [-0.05, 0) is 76.7 Å². The van der Waals surface area contributed by atoms with Crippen LogP contribution in [-0.4, -0.2) is 35.4 Å². The molecule has 0 radical (unpaired) electrons. The first-order chi connectivity index (χ1) is 17.8. The number of nitrogens with zero attached hydrogens (tertiary/aromatic N) is 1. The third-order valence-corrected chi connectivity index (χ3v) is 6.91. The van der Waals surface area contributed by atoms with Crippen molar-refractivity contribution in [3.8, 4) is 5.75 Å². The van der Waals surface area contributed by atoms with Crippen LogP contribution in [0.4, 0.5) is 4.39 Å². The summed E-state index contributed by atoms with van der Waals surface area (Å²) in [5.41, 5.74) is 2.80. The van der Waals surface area contributed by atoms with E-state index in [2.05, 4.69) is 28.2 Å². The number of halogens is 2. The Kier molecular flexibility index (Phi) is 10.7. The van der Waals surface area contributed by atoms with Gasteiger partial charge >= 0.3 is 0 Å². The minimum atomic E-state index is -0.775. The predicted molar refractivity (Wildman–Crippen MR) is 148 cm³/mol. The highest BCUT2D eigenvalue weighted by atomic mass is 79.9. The van der Waals surface area contributed by atoms with Crippen LogP contribution in [0, 0.1) is 5.82 Å². The van der Waals surface area contributed by atoms with E-state index in [-0.39, 0.29) is 36.8 Å². The smallest absolute Gasteiger partial charge is 0.261 e. The third kappa shape index (κ3) is 8.42. The number of benzene rings is 3. The lowest BCUT2D eigenvalue weighted by atomic mass is 10.0. The summed E-state index contributed by atoms with van der Waals surface area (Å²) in [6, 6.07) is 20.5. The van der Waals surface area contributed by atoms with Gasteiger partial charge < -0.3 is 15.0 Å². The van der Waals surface area contributed by atoms with Crippen molar-refractivity contribution in [2.24, 2.45) is 0 Å². The molecule has 0 bridgehead atoms. The van der Waals surface area contributed by atoms with Crippen LogP contribution < -0.4 is 10.1 Å². The van der Waals surface area contributed by atoms with Gasteiger partial charge in [-0.1, -0.05) is 62.4 Å². The zero-order valence-corrected chi connectivity index (χ0v) is 23.1. The van der Waals surface area contributed by atoms with E-state index >= 15 is 0 Å². The van der Waals surface area contributed by atoms with Gasteiger partial charge in [0.1, 0.15) is 17.6 Å². The summed E-state index contributed by atoms with van der Waals surface area (Å²) in [6.07, 6.45) is 1.99. The molecule has 3 aromatic carbocycles. The fourth-order valence-electron chi connectivity index (χ4n) is 3.89. The highest BCUT2D eigenvalue weighted by molar-refractivity contribution is 9.10. The van der Waals surface area contributed by atoms with Crippen LogP contribution >= 0.6 is 15.9 Å². The van der Waals surface area contributed by atoms with Crippen LogP contribution in [0.3, 0.4) is 0 Å². The van der Waals surface area contributed by atoms with E-state index < -0.39 is 6.04 Å². The van der Waals surface area contributed by atoms with Crippen LogP contribution in [0.15, 0.2) is 77.3 Å². The summed E-state index contributed by atoms with van der Waals surface area (Å²) in [7, 11) is 0. The van der Waals surface area contributed by atoms with Gasteiger partial charge in [-0.25, -0.2) is 4.39 Å². The van der Waals surface area contributed by atoms with Crippen molar-refractivity contribution in [2.75, 3.05) is 6.61 Å². The lowest BCUT2D eigenvalue weighted by Crippen LogP contribution is -2.53. The van der Waals surface area contributed by atoms with E-state index in [0.29, 0.717) is 12.2 Å². The molecule has 3 aromatic rings. The zero-order valence-electron chi connectivity index (χ0n) is 21.5. The lowest BCUT2D eigenvalue weighted by Gasteiger charge is -2.32. The molecule has 0 heterocycles. The quantitative estimate of drug-likeness (QED) is 0.288. The summed E-state index contributed by atoms with van der Waals surface area (Å²) in [6.45, 7) is 5.89. The lowest BCUT2D eigenvalue weighted by molar-refractivity contribution is -0.143. The van der Waals surface area contributed by atoms with Gasteiger partial charge in [-0.2, -0.15) is 0 Å². The molecule has 196 valence electrons. The zero-order chi connectivity index (χ0) is 26.8. The van der Waals surface area contributed by atoms with Crippen LogP contribution in [0.1, 0.15) is 43.9 Å². The third-order valence-electron chi connectivity index (χ3n) is 6.29. The second-order valence-electron chi connectivity index (χ2n) is 9.08. The molecule has 0 aliphatic carbocycles. The van der Waals surface area contributed by atoms with Gasteiger partial charge in [0.2, 0.25) is 5.91 Å². The maximum atomic E-state index is 13.6. The first-order valence-electron chi connectivity index (χ1n) is 12.6. The SMILES string of the molecule is CCc1ccc(OCC(=O)N(Cc2ccc(F)cc2)[C@@H](Cc2ccccc2)C(=O)N[C@H](C)CC)c(Br)c1. The molecule has 0 aliphatic heterocycles. The number of carbonyl (C=O) groups is 2. The fourth-order valence-corrected chi connectivity index (χ4v) is 4.43. The predicted octanol–water partition coefficient (Wildman–Crippen LogP) is 6.08. The molecule has 0 aliphatic rings. The van der Waals surface area contributed by atoms with Gasteiger partial charge in [0.15, 0.2) is 6.61 Å². The van der Waals surface area contributed by atoms with Crippen LogP contribution in [0.25, 0.3) is 0 Å². The van der Waals surface area contributed by atoms with Crippen molar-refractivity contribution in [2.45, 2.75) is 58.7 Å². The van der Waals surface area contributed by atoms with Gasteiger partial charge in [0.25, 0.3) is 5.91 Å². The Bertz CT molecular complexity index is 1170. The molecule has 0 saturated heterocycles. The largest absolute Gasteiger partial charge is 0.483 e. The Morgan fingerprint density at radius 1 is 0.973 bits per heavy atom. The fraction of sp³-hybridized carbons (Fsp3) is 0.333. The minimum absolute atomic E-state index is 0.0437. The van der Waals surface area contributed by atoms with Crippen LogP contribution in [0.2, 0.25) is 0 Å². The molecule has 37 heavy (non-hydrogen) atoms. The normalized spacial score (nSPS) is 12.5. The average Bonchev–Trinajstić information content (AvgIpc) is 2.91. The maximum Gasteiger partial charge on any atom is 0.261 e. The minimum Gasteiger partial charge on any atom is -0.483 e. The molecule has 7 heteroatoms. The standard InChI is InChI=1S/C30H34BrFN2O3/c1-4-21(3)33-30(36)27(18-23-9-7-6-8-10-23)34(19-24-11-14-25(32)15-12-24)29(35)20-37-28-16-13-22(5-2)17-26(28)31/h6-17,21,27H,4-5,18-20H2,1-3H3,(H,33,36)/t21-,27+/m1/s1. The number of hydrogen-bond acceptors (Lipinski definition) is 3. The van der Waals surface area contributed by atoms with E-state index in [0.717, 1.165) is 34.0 Å². The molecule has 1 N–H and O–H groups in total. The topological polar surface area (TPSA) is 58.6 Å². The van der Waals surface area contributed by atoms with E-state index in [9.17, 15) is 14.0 Å². The molecule has 2 amide bonds. The molecule has 0 fully saturated rings. The average molecular weight is 570 g/mol. The highest BCUT2D eigenvalue weighted by Gasteiger charge is 2.31. The number of aryl methyl sites for hydroxylation is 1. The molecule has 0 spiro atoms. The van der Waals surface area contributed by atoms with Crippen molar-refractivity contribution < 1.29 is 18.7 Å². The van der Waals surface area contributed by atoms with E-state index in [1.54, 1.807) is 12.1 Å². The molecule has 0 unspecified atom stereocenters. The van der Waals surface area contributed by atoms with Crippen molar-refractivity contribution in [3.63, 3.8) is 0 Å². The molecular formula is C30H34BrFN2O3. The summed E-state index contributed by atoms with van der Waals surface area (Å²) in [5, 5.41) is 3.03. The second-order valence-corrected chi connectivity index (χ2v) is 9.93. The summed E-state index contributed by atoms with van der Waals surface area (Å²) >= 11 is 3.52. The highest BCUT2D eigenvalue weighted by Crippen LogP contribution is 2.26. The van der Waals surface area contributed by atoms with Crippen molar-refractivity contribution in [1.82, 2.24) is 10.2 Å². The Morgan fingerprint density at radius 3 is 2.27 bits per heavy atom. The van der Waals surface area contributed by atoms with E-state index in [1.807, 2.05) is 62.4 Å². The molecular weight excluding hydrogens is 535 g/mol. The van der Waals surface area contributed by atoms with Crippen LogP contribution in [-0.2, 0) is 29.0 Å². The number of hydrogen-bond donors (Lipinski definition) is 1. The Morgan fingerprint density at radius 2 is 1.65 bits per heavy atom. The maximum absolute atomic E-state index is 13.6.